The molecule has 2 heterocycles. The number of thiophene rings is 1. The quantitative estimate of drug-likeness (QED) is 0.471. The van der Waals surface area contributed by atoms with Crippen molar-refractivity contribution in [3.05, 3.63) is 45.3 Å². The van der Waals surface area contributed by atoms with Crippen LogP contribution in [0, 0.1) is 27.7 Å². The number of ether oxygens (including phenoxy) is 1. The number of hydrogen-bond donors (Lipinski definition) is 1. The topological polar surface area (TPSA) is 99.0 Å². The van der Waals surface area contributed by atoms with Gasteiger partial charge < -0.3 is 10.1 Å². The molecule has 0 radical (unpaired) electrons. The van der Waals surface area contributed by atoms with E-state index >= 15 is 0 Å². The van der Waals surface area contributed by atoms with E-state index in [4.69, 9.17) is 4.74 Å². The zero-order valence-corrected chi connectivity index (χ0v) is 18.4. The minimum Gasteiger partial charge on any atom is -0.465 e. The van der Waals surface area contributed by atoms with E-state index in [0.717, 1.165) is 27.3 Å². The standard InChI is InChI=1S/C19H21N5O3S2/c1-10-6-7-14(11(2)8-10)24-19(21-22-23-24)28-9-15(25)20-17-16(18(26)27-5)12(3)13(4)29-17/h6-8H,9H2,1-5H3,(H,20,25). The Kier molecular flexibility index (Phi) is 6.33. The number of aromatic nitrogens is 4. The van der Waals surface area contributed by atoms with Gasteiger partial charge >= 0.3 is 5.97 Å². The van der Waals surface area contributed by atoms with Gasteiger partial charge in [0.2, 0.25) is 11.1 Å². The van der Waals surface area contributed by atoms with Crippen LogP contribution in [0.3, 0.4) is 0 Å². The van der Waals surface area contributed by atoms with Crippen molar-refractivity contribution in [3.8, 4) is 5.69 Å². The summed E-state index contributed by atoms with van der Waals surface area (Å²) in [6.45, 7) is 7.74. The van der Waals surface area contributed by atoms with Gasteiger partial charge in [0.25, 0.3) is 0 Å². The zero-order chi connectivity index (χ0) is 21.1. The van der Waals surface area contributed by atoms with Crippen LogP contribution in [0.5, 0.6) is 0 Å². The van der Waals surface area contributed by atoms with Crippen LogP contribution in [-0.2, 0) is 9.53 Å². The highest BCUT2D eigenvalue weighted by molar-refractivity contribution is 7.99. The average Bonchev–Trinajstić information content (AvgIpc) is 3.24. The molecule has 0 spiro atoms. The Morgan fingerprint density at radius 2 is 2.00 bits per heavy atom. The van der Waals surface area contributed by atoms with E-state index in [1.807, 2.05) is 45.9 Å². The molecule has 1 aromatic carbocycles. The molecule has 8 nitrogen and oxygen atoms in total. The highest BCUT2D eigenvalue weighted by Crippen LogP contribution is 2.33. The lowest BCUT2D eigenvalue weighted by molar-refractivity contribution is -0.113. The summed E-state index contributed by atoms with van der Waals surface area (Å²) < 4.78 is 6.45. The van der Waals surface area contributed by atoms with Crippen molar-refractivity contribution in [1.82, 2.24) is 20.2 Å². The Morgan fingerprint density at radius 3 is 2.69 bits per heavy atom. The Hall–Kier alpha value is -2.72. The number of esters is 1. The first-order valence-electron chi connectivity index (χ1n) is 8.78. The number of aryl methyl sites for hydroxylation is 3. The van der Waals surface area contributed by atoms with E-state index in [1.54, 1.807) is 4.68 Å². The molecule has 3 aromatic rings. The molecule has 10 heteroatoms. The van der Waals surface area contributed by atoms with Crippen LogP contribution in [0.15, 0.2) is 23.4 Å². The number of anilines is 1. The monoisotopic (exact) mass is 431 g/mol. The molecule has 0 saturated carbocycles. The van der Waals surface area contributed by atoms with E-state index < -0.39 is 5.97 Å². The lowest BCUT2D eigenvalue weighted by Crippen LogP contribution is -2.16. The molecular formula is C19H21N5O3S2. The molecule has 3 rings (SSSR count). The second-order valence-electron chi connectivity index (χ2n) is 6.48. The Labute approximate surface area is 176 Å². The molecule has 0 aliphatic heterocycles. The minimum atomic E-state index is -0.464. The van der Waals surface area contributed by atoms with E-state index in [-0.39, 0.29) is 11.7 Å². The first kappa shape index (κ1) is 21.0. The van der Waals surface area contributed by atoms with Gasteiger partial charge in [0, 0.05) is 4.88 Å². The fourth-order valence-electron chi connectivity index (χ4n) is 2.82. The number of carbonyl (C=O) groups excluding carboxylic acids is 2. The minimum absolute atomic E-state index is 0.0991. The van der Waals surface area contributed by atoms with Gasteiger partial charge in [-0.15, -0.1) is 16.4 Å². The SMILES string of the molecule is COC(=O)c1c(NC(=O)CSc2nnnn2-c2ccc(C)cc2C)sc(C)c1C. The third-order valence-corrected chi connectivity index (χ3v) is 6.42. The average molecular weight is 432 g/mol. The van der Waals surface area contributed by atoms with E-state index in [0.29, 0.717) is 15.7 Å². The highest BCUT2D eigenvalue weighted by Gasteiger charge is 2.22. The van der Waals surface area contributed by atoms with Gasteiger partial charge in [-0.3, -0.25) is 4.79 Å². The van der Waals surface area contributed by atoms with Crippen molar-refractivity contribution in [2.45, 2.75) is 32.9 Å². The largest absolute Gasteiger partial charge is 0.465 e. The molecule has 1 amide bonds. The molecule has 0 aliphatic carbocycles. The van der Waals surface area contributed by atoms with Crippen LogP contribution in [0.25, 0.3) is 5.69 Å². The summed E-state index contributed by atoms with van der Waals surface area (Å²) in [6, 6.07) is 5.99. The number of methoxy groups -OCH3 is 1. The number of nitrogens with zero attached hydrogens (tertiary/aromatic N) is 4. The fourth-order valence-corrected chi connectivity index (χ4v) is 4.57. The number of thioether (sulfide) groups is 1. The van der Waals surface area contributed by atoms with Gasteiger partial charge in [0.05, 0.1) is 24.1 Å². The van der Waals surface area contributed by atoms with Gasteiger partial charge in [-0.25, -0.2) is 4.79 Å². The molecule has 1 N–H and O–H groups in total. The van der Waals surface area contributed by atoms with Gasteiger partial charge in [0.1, 0.15) is 5.00 Å². The summed E-state index contributed by atoms with van der Waals surface area (Å²) in [6.07, 6.45) is 0. The van der Waals surface area contributed by atoms with Gasteiger partial charge in [-0.05, 0) is 55.3 Å². The second kappa shape index (κ2) is 8.75. The predicted molar refractivity (Wildman–Crippen MR) is 113 cm³/mol. The van der Waals surface area contributed by atoms with E-state index in [1.165, 1.54) is 30.2 Å². The molecule has 0 atom stereocenters. The highest BCUT2D eigenvalue weighted by atomic mass is 32.2. The second-order valence-corrected chi connectivity index (χ2v) is 8.65. The molecule has 0 aliphatic rings. The lowest BCUT2D eigenvalue weighted by atomic mass is 10.1. The maximum absolute atomic E-state index is 12.5. The molecule has 152 valence electrons. The summed E-state index contributed by atoms with van der Waals surface area (Å²) in [4.78, 5) is 25.5. The molecule has 0 bridgehead atoms. The van der Waals surface area contributed by atoms with Gasteiger partial charge in [-0.1, -0.05) is 29.5 Å². The zero-order valence-electron chi connectivity index (χ0n) is 16.8. The number of tetrazole rings is 1. The summed E-state index contributed by atoms with van der Waals surface area (Å²) >= 11 is 2.58. The van der Waals surface area contributed by atoms with Crippen LogP contribution in [0.1, 0.15) is 31.9 Å². The van der Waals surface area contributed by atoms with Gasteiger partial charge in [0.15, 0.2) is 0 Å². The molecule has 0 saturated heterocycles. The number of carbonyl (C=O) groups is 2. The van der Waals surface area contributed by atoms with Crippen LogP contribution in [0.4, 0.5) is 5.00 Å². The Balaban J connectivity index is 1.73. The summed E-state index contributed by atoms with van der Waals surface area (Å²) in [5.74, 6) is -0.618. The maximum atomic E-state index is 12.5. The van der Waals surface area contributed by atoms with Crippen LogP contribution in [-0.4, -0.2) is 44.9 Å². The summed E-state index contributed by atoms with van der Waals surface area (Å²) in [5, 5.41) is 15.6. The van der Waals surface area contributed by atoms with Crippen molar-refractivity contribution >= 4 is 40.0 Å². The van der Waals surface area contributed by atoms with Crippen LogP contribution >= 0.6 is 23.1 Å². The Bertz CT molecular complexity index is 1070. The first-order chi connectivity index (χ1) is 13.8. The molecule has 0 fully saturated rings. The third-order valence-electron chi connectivity index (χ3n) is 4.38. The molecular weight excluding hydrogens is 410 g/mol. The van der Waals surface area contributed by atoms with Crippen molar-refractivity contribution in [2.24, 2.45) is 0 Å². The summed E-state index contributed by atoms with van der Waals surface area (Å²) in [5.41, 5.74) is 4.25. The summed E-state index contributed by atoms with van der Waals surface area (Å²) in [7, 11) is 1.32. The lowest BCUT2D eigenvalue weighted by Gasteiger charge is -2.09. The fraction of sp³-hybridized carbons (Fsp3) is 0.316. The van der Waals surface area contributed by atoms with E-state index in [2.05, 4.69) is 20.8 Å². The van der Waals surface area contributed by atoms with Crippen molar-refractivity contribution < 1.29 is 14.3 Å². The van der Waals surface area contributed by atoms with Crippen LogP contribution < -0.4 is 5.32 Å². The number of rotatable bonds is 6. The number of hydrogen-bond acceptors (Lipinski definition) is 8. The first-order valence-corrected chi connectivity index (χ1v) is 10.6. The molecule has 2 aromatic heterocycles. The number of amides is 1. The van der Waals surface area contributed by atoms with Crippen molar-refractivity contribution in [1.29, 1.82) is 0 Å². The normalized spacial score (nSPS) is 10.8. The maximum Gasteiger partial charge on any atom is 0.341 e. The van der Waals surface area contributed by atoms with Crippen molar-refractivity contribution in [2.75, 3.05) is 18.2 Å². The van der Waals surface area contributed by atoms with Crippen molar-refractivity contribution in [3.63, 3.8) is 0 Å². The Morgan fingerprint density at radius 1 is 1.24 bits per heavy atom. The smallest absolute Gasteiger partial charge is 0.341 e. The predicted octanol–water partition coefficient (Wildman–Crippen LogP) is 3.47. The van der Waals surface area contributed by atoms with E-state index in [9.17, 15) is 9.59 Å². The third kappa shape index (κ3) is 4.48. The van der Waals surface area contributed by atoms with Gasteiger partial charge in [-0.2, -0.15) is 4.68 Å². The van der Waals surface area contributed by atoms with Crippen LogP contribution in [0.2, 0.25) is 0 Å². The number of nitrogens with one attached hydrogen (secondary N) is 1. The molecule has 0 unspecified atom stereocenters. The molecule has 29 heavy (non-hydrogen) atoms. The number of benzene rings is 1.